The second kappa shape index (κ2) is 5.43. The maximum Gasteiger partial charge on any atom is 0.109 e. The van der Waals surface area contributed by atoms with Gasteiger partial charge in [-0.3, -0.25) is 4.98 Å². The van der Waals surface area contributed by atoms with Crippen molar-refractivity contribution >= 4 is 11.0 Å². The molecule has 0 radical (unpaired) electrons. The minimum Gasteiger partial charge on any atom is -0.330 e. The van der Waals surface area contributed by atoms with Gasteiger partial charge in [0.05, 0.1) is 17.2 Å². The van der Waals surface area contributed by atoms with Crippen molar-refractivity contribution in [1.29, 1.82) is 0 Å². The fourth-order valence-corrected chi connectivity index (χ4v) is 2.46. The zero-order valence-corrected chi connectivity index (χ0v) is 11.5. The van der Waals surface area contributed by atoms with Crippen LogP contribution in [0.25, 0.3) is 11.0 Å². The first-order valence-electron chi connectivity index (χ1n) is 6.81. The van der Waals surface area contributed by atoms with Crippen LogP contribution in [0.2, 0.25) is 0 Å². The Bertz CT molecular complexity index is 703. The fourth-order valence-electron chi connectivity index (χ4n) is 2.46. The van der Waals surface area contributed by atoms with Crippen LogP contribution in [0, 0.1) is 0 Å². The fraction of sp³-hybridized carbons (Fsp3) is 0.250. The predicted molar refractivity (Wildman–Crippen MR) is 80.2 cm³/mol. The van der Waals surface area contributed by atoms with Gasteiger partial charge in [-0.15, -0.1) is 0 Å². The van der Waals surface area contributed by atoms with Crippen molar-refractivity contribution < 1.29 is 0 Å². The zero-order valence-electron chi connectivity index (χ0n) is 11.5. The topological polar surface area (TPSA) is 56.7 Å². The molecule has 0 aliphatic carbocycles. The standard InChI is InChI=1S/C16H18N4/c1-20-15-11-18-10-9-14(15)19-16(20)8-7-13(17)12-5-3-2-4-6-12/h2-6,9-11,13H,7-8,17H2,1H3. The summed E-state index contributed by atoms with van der Waals surface area (Å²) in [5.41, 5.74) is 9.47. The lowest BCUT2D eigenvalue weighted by Crippen LogP contribution is -2.12. The van der Waals surface area contributed by atoms with Crippen molar-refractivity contribution in [3.05, 3.63) is 60.2 Å². The van der Waals surface area contributed by atoms with E-state index in [1.54, 1.807) is 6.20 Å². The van der Waals surface area contributed by atoms with E-state index in [9.17, 15) is 0 Å². The highest BCUT2D eigenvalue weighted by Crippen LogP contribution is 2.18. The number of nitrogens with two attached hydrogens (primary N) is 1. The van der Waals surface area contributed by atoms with E-state index in [4.69, 9.17) is 5.73 Å². The number of fused-ring (bicyclic) bond motifs is 1. The Balaban J connectivity index is 1.76. The van der Waals surface area contributed by atoms with Gasteiger partial charge in [0.1, 0.15) is 5.82 Å². The molecule has 1 aromatic carbocycles. The summed E-state index contributed by atoms with van der Waals surface area (Å²) in [5.74, 6) is 1.05. The van der Waals surface area contributed by atoms with Crippen molar-refractivity contribution in [3.8, 4) is 0 Å². The second-order valence-electron chi connectivity index (χ2n) is 5.01. The number of hydrogen-bond donors (Lipinski definition) is 1. The molecule has 0 aliphatic rings. The van der Waals surface area contributed by atoms with E-state index in [1.165, 1.54) is 5.56 Å². The van der Waals surface area contributed by atoms with Crippen molar-refractivity contribution in [1.82, 2.24) is 14.5 Å². The van der Waals surface area contributed by atoms with Gasteiger partial charge in [0, 0.05) is 25.7 Å². The Morgan fingerprint density at radius 1 is 1.20 bits per heavy atom. The van der Waals surface area contributed by atoms with Crippen LogP contribution in [0.1, 0.15) is 23.9 Å². The smallest absolute Gasteiger partial charge is 0.109 e. The molecule has 0 bridgehead atoms. The highest BCUT2D eigenvalue weighted by molar-refractivity contribution is 5.74. The summed E-state index contributed by atoms with van der Waals surface area (Å²) < 4.78 is 2.10. The van der Waals surface area contributed by atoms with Crippen LogP contribution in [0.4, 0.5) is 0 Å². The summed E-state index contributed by atoms with van der Waals surface area (Å²) in [6.45, 7) is 0. The molecule has 0 aliphatic heterocycles. The van der Waals surface area contributed by atoms with Gasteiger partial charge in [-0.2, -0.15) is 0 Å². The first-order valence-corrected chi connectivity index (χ1v) is 6.81. The maximum atomic E-state index is 6.24. The van der Waals surface area contributed by atoms with Crippen LogP contribution < -0.4 is 5.73 Å². The molecule has 1 atom stereocenters. The van der Waals surface area contributed by atoms with Crippen LogP contribution in [0.5, 0.6) is 0 Å². The molecule has 102 valence electrons. The molecular formula is C16H18N4. The molecule has 2 heterocycles. The Kier molecular flexibility index (Phi) is 3.48. The molecule has 3 rings (SSSR count). The van der Waals surface area contributed by atoms with Gasteiger partial charge in [0.15, 0.2) is 0 Å². The van der Waals surface area contributed by atoms with Crippen LogP contribution in [0.3, 0.4) is 0 Å². The average molecular weight is 266 g/mol. The van der Waals surface area contributed by atoms with E-state index < -0.39 is 0 Å². The summed E-state index contributed by atoms with van der Waals surface area (Å²) in [6.07, 6.45) is 5.37. The largest absolute Gasteiger partial charge is 0.330 e. The molecule has 0 fully saturated rings. The quantitative estimate of drug-likeness (QED) is 0.789. The SMILES string of the molecule is Cn1c(CCC(N)c2ccccc2)nc2ccncc21. The number of aromatic nitrogens is 3. The van der Waals surface area contributed by atoms with E-state index in [2.05, 4.69) is 26.7 Å². The van der Waals surface area contributed by atoms with Crippen LogP contribution in [-0.2, 0) is 13.5 Å². The van der Waals surface area contributed by atoms with Crippen molar-refractivity contribution in [2.75, 3.05) is 0 Å². The van der Waals surface area contributed by atoms with E-state index in [0.717, 1.165) is 29.7 Å². The summed E-state index contributed by atoms with van der Waals surface area (Å²) in [4.78, 5) is 8.79. The lowest BCUT2D eigenvalue weighted by atomic mass is 10.0. The molecule has 3 aromatic rings. The lowest BCUT2D eigenvalue weighted by Gasteiger charge is -2.11. The summed E-state index contributed by atoms with van der Waals surface area (Å²) in [6, 6.07) is 12.2. The third-order valence-corrected chi connectivity index (χ3v) is 3.68. The van der Waals surface area contributed by atoms with E-state index in [0.29, 0.717) is 0 Å². The molecule has 4 heteroatoms. The van der Waals surface area contributed by atoms with Crippen molar-refractivity contribution in [2.24, 2.45) is 12.8 Å². The van der Waals surface area contributed by atoms with Gasteiger partial charge in [-0.1, -0.05) is 30.3 Å². The molecule has 2 N–H and O–H groups in total. The molecule has 0 saturated carbocycles. The van der Waals surface area contributed by atoms with E-state index in [-0.39, 0.29) is 6.04 Å². The van der Waals surface area contributed by atoms with Gasteiger partial charge in [-0.25, -0.2) is 4.98 Å². The van der Waals surface area contributed by atoms with E-state index >= 15 is 0 Å². The number of aryl methyl sites for hydroxylation is 2. The first-order chi connectivity index (χ1) is 9.75. The van der Waals surface area contributed by atoms with Gasteiger partial charge in [0.2, 0.25) is 0 Å². The molecule has 0 amide bonds. The highest BCUT2D eigenvalue weighted by atomic mass is 15.1. The minimum absolute atomic E-state index is 0.0501. The molecule has 20 heavy (non-hydrogen) atoms. The highest BCUT2D eigenvalue weighted by Gasteiger charge is 2.10. The van der Waals surface area contributed by atoms with Crippen LogP contribution in [-0.4, -0.2) is 14.5 Å². The van der Waals surface area contributed by atoms with Crippen molar-refractivity contribution in [3.63, 3.8) is 0 Å². The molecular weight excluding hydrogens is 248 g/mol. The third kappa shape index (κ3) is 2.42. The van der Waals surface area contributed by atoms with Crippen molar-refractivity contribution in [2.45, 2.75) is 18.9 Å². The lowest BCUT2D eigenvalue weighted by molar-refractivity contribution is 0.623. The van der Waals surface area contributed by atoms with Crippen LogP contribution >= 0.6 is 0 Å². The summed E-state index contributed by atoms with van der Waals surface area (Å²) in [7, 11) is 2.03. The van der Waals surface area contributed by atoms with Gasteiger partial charge >= 0.3 is 0 Å². The molecule has 0 saturated heterocycles. The number of nitrogens with zero attached hydrogens (tertiary/aromatic N) is 3. The Labute approximate surface area is 118 Å². The summed E-state index contributed by atoms with van der Waals surface area (Å²) in [5, 5.41) is 0. The average Bonchev–Trinajstić information content (AvgIpc) is 2.83. The van der Waals surface area contributed by atoms with Gasteiger partial charge < -0.3 is 10.3 Å². The minimum atomic E-state index is 0.0501. The van der Waals surface area contributed by atoms with Crippen LogP contribution in [0.15, 0.2) is 48.8 Å². The number of benzene rings is 1. The van der Waals surface area contributed by atoms with Gasteiger partial charge in [-0.05, 0) is 18.1 Å². The maximum absolute atomic E-state index is 6.24. The normalized spacial score (nSPS) is 12.7. The van der Waals surface area contributed by atoms with Gasteiger partial charge in [0.25, 0.3) is 0 Å². The first kappa shape index (κ1) is 12.8. The third-order valence-electron chi connectivity index (χ3n) is 3.68. The van der Waals surface area contributed by atoms with E-state index in [1.807, 2.05) is 37.5 Å². The Hall–Kier alpha value is -2.20. The molecule has 2 aromatic heterocycles. The second-order valence-corrected chi connectivity index (χ2v) is 5.01. The number of imidazole rings is 1. The monoisotopic (exact) mass is 266 g/mol. The predicted octanol–water partition coefficient (Wildman–Crippen LogP) is 2.60. The molecule has 4 nitrogen and oxygen atoms in total. The number of hydrogen-bond acceptors (Lipinski definition) is 3. The summed E-state index contributed by atoms with van der Waals surface area (Å²) >= 11 is 0. The zero-order chi connectivity index (χ0) is 13.9. The number of rotatable bonds is 4. The molecule has 1 unspecified atom stereocenters. The number of pyridine rings is 1. The molecule has 0 spiro atoms. The Morgan fingerprint density at radius 3 is 2.75 bits per heavy atom. The Morgan fingerprint density at radius 2 is 2.00 bits per heavy atom.